The SMILES string of the molecule is COc1cccc(-c2ccc(C(=O)N3CCN4CCC[C@@H]4C3)cc2)c1. The zero-order valence-electron chi connectivity index (χ0n) is 14.6. The summed E-state index contributed by atoms with van der Waals surface area (Å²) in [6.45, 7) is 3.92. The lowest BCUT2D eigenvalue weighted by Gasteiger charge is -2.37. The molecule has 2 saturated heterocycles. The maximum atomic E-state index is 12.8. The Morgan fingerprint density at radius 3 is 2.68 bits per heavy atom. The maximum absolute atomic E-state index is 12.8. The number of benzene rings is 2. The Balaban J connectivity index is 1.48. The first-order chi connectivity index (χ1) is 12.2. The van der Waals surface area contributed by atoms with E-state index in [-0.39, 0.29) is 5.91 Å². The van der Waals surface area contributed by atoms with Gasteiger partial charge in [0.1, 0.15) is 5.75 Å². The van der Waals surface area contributed by atoms with Crippen LogP contribution >= 0.6 is 0 Å². The lowest BCUT2D eigenvalue weighted by Crippen LogP contribution is -2.52. The van der Waals surface area contributed by atoms with Gasteiger partial charge in [-0.05, 0) is 54.8 Å². The molecule has 0 saturated carbocycles. The summed E-state index contributed by atoms with van der Waals surface area (Å²) >= 11 is 0. The highest BCUT2D eigenvalue weighted by Gasteiger charge is 2.32. The molecule has 0 aromatic heterocycles. The Morgan fingerprint density at radius 2 is 1.88 bits per heavy atom. The zero-order valence-corrected chi connectivity index (χ0v) is 14.6. The highest BCUT2D eigenvalue weighted by molar-refractivity contribution is 5.94. The smallest absolute Gasteiger partial charge is 0.253 e. The van der Waals surface area contributed by atoms with Gasteiger partial charge in [-0.3, -0.25) is 9.69 Å². The van der Waals surface area contributed by atoms with Gasteiger partial charge in [-0.25, -0.2) is 0 Å². The van der Waals surface area contributed by atoms with Crippen LogP contribution in [0.3, 0.4) is 0 Å². The van der Waals surface area contributed by atoms with E-state index in [9.17, 15) is 4.79 Å². The predicted molar refractivity (Wildman–Crippen MR) is 98.9 cm³/mol. The van der Waals surface area contributed by atoms with Crippen molar-refractivity contribution in [3.63, 3.8) is 0 Å². The van der Waals surface area contributed by atoms with Gasteiger partial charge in [-0.2, -0.15) is 0 Å². The van der Waals surface area contributed by atoms with E-state index in [1.54, 1.807) is 7.11 Å². The van der Waals surface area contributed by atoms with Gasteiger partial charge in [-0.15, -0.1) is 0 Å². The molecule has 0 N–H and O–H groups in total. The number of piperazine rings is 1. The number of methoxy groups -OCH3 is 1. The lowest BCUT2D eigenvalue weighted by molar-refractivity contribution is 0.0571. The van der Waals surface area contributed by atoms with Gasteiger partial charge in [0.2, 0.25) is 0 Å². The van der Waals surface area contributed by atoms with Crippen molar-refractivity contribution < 1.29 is 9.53 Å². The third-order valence-electron chi connectivity index (χ3n) is 5.41. The molecule has 0 bridgehead atoms. The van der Waals surface area contributed by atoms with E-state index in [0.717, 1.165) is 42.1 Å². The minimum Gasteiger partial charge on any atom is -0.497 e. The van der Waals surface area contributed by atoms with Crippen LogP contribution in [0.15, 0.2) is 48.5 Å². The number of rotatable bonds is 3. The van der Waals surface area contributed by atoms with Gasteiger partial charge in [0.05, 0.1) is 7.11 Å². The lowest BCUT2D eigenvalue weighted by atomic mass is 10.0. The summed E-state index contributed by atoms with van der Waals surface area (Å²) in [6.07, 6.45) is 2.49. The van der Waals surface area contributed by atoms with E-state index >= 15 is 0 Å². The van der Waals surface area contributed by atoms with Crippen LogP contribution in [0, 0.1) is 0 Å². The van der Waals surface area contributed by atoms with Crippen molar-refractivity contribution in [2.75, 3.05) is 33.3 Å². The van der Waals surface area contributed by atoms with Gasteiger partial charge >= 0.3 is 0 Å². The van der Waals surface area contributed by atoms with E-state index in [2.05, 4.69) is 11.0 Å². The highest BCUT2D eigenvalue weighted by atomic mass is 16.5. The van der Waals surface area contributed by atoms with E-state index in [4.69, 9.17) is 4.74 Å². The molecule has 2 aromatic rings. The Hall–Kier alpha value is -2.33. The summed E-state index contributed by atoms with van der Waals surface area (Å²) in [5, 5.41) is 0. The van der Waals surface area contributed by atoms with Crippen LogP contribution in [0.2, 0.25) is 0 Å². The van der Waals surface area contributed by atoms with Crippen molar-refractivity contribution in [1.82, 2.24) is 9.80 Å². The number of hydrogen-bond donors (Lipinski definition) is 0. The van der Waals surface area contributed by atoms with E-state index in [1.807, 2.05) is 47.4 Å². The molecule has 2 fully saturated rings. The molecule has 4 heteroatoms. The minimum absolute atomic E-state index is 0.156. The van der Waals surface area contributed by atoms with Crippen molar-refractivity contribution in [2.45, 2.75) is 18.9 Å². The summed E-state index contributed by atoms with van der Waals surface area (Å²) in [6, 6.07) is 16.5. The van der Waals surface area contributed by atoms with Crippen LogP contribution in [-0.4, -0.2) is 55.0 Å². The second kappa shape index (κ2) is 6.89. The van der Waals surface area contributed by atoms with E-state index in [0.29, 0.717) is 6.04 Å². The van der Waals surface area contributed by atoms with Crippen LogP contribution in [0.5, 0.6) is 5.75 Å². The number of carbonyl (C=O) groups is 1. The number of nitrogens with zero attached hydrogens (tertiary/aromatic N) is 2. The van der Waals surface area contributed by atoms with Crippen molar-refractivity contribution in [3.05, 3.63) is 54.1 Å². The standard InChI is InChI=1S/C21H24N2O2/c1-25-20-6-2-4-18(14-20)16-7-9-17(10-8-16)21(24)23-13-12-22-11-3-5-19(22)15-23/h2,4,6-10,14,19H,3,5,11-13,15H2,1H3/t19-/m1/s1. The van der Waals surface area contributed by atoms with Crippen molar-refractivity contribution in [3.8, 4) is 16.9 Å². The summed E-state index contributed by atoms with van der Waals surface area (Å²) in [5.41, 5.74) is 2.96. The first-order valence-corrected chi connectivity index (χ1v) is 9.02. The number of ether oxygens (including phenoxy) is 1. The molecule has 1 amide bonds. The fraction of sp³-hybridized carbons (Fsp3) is 0.381. The largest absolute Gasteiger partial charge is 0.497 e. The molecule has 2 aromatic carbocycles. The average Bonchev–Trinajstić information content (AvgIpc) is 3.15. The molecule has 2 aliphatic heterocycles. The van der Waals surface area contributed by atoms with Gasteiger partial charge < -0.3 is 9.64 Å². The fourth-order valence-corrected chi connectivity index (χ4v) is 3.97. The van der Waals surface area contributed by atoms with E-state index < -0.39 is 0 Å². The first-order valence-electron chi connectivity index (χ1n) is 9.02. The molecule has 4 nitrogen and oxygen atoms in total. The minimum atomic E-state index is 0.156. The second-order valence-corrected chi connectivity index (χ2v) is 6.89. The number of carbonyl (C=O) groups excluding carboxylic acids is 1. The third-order valence-corrected chi connectivity index (χ3v) is 5.41. The summed E-state index contributed by atoms with van der Waals surface area (Å²) in [4.78, 5) is 17.4. The summed E-state index contributed by atoms with van der Waals surface area (Å²) in [5.74, 6) is 0.996. The third kappa shape index (κ3) is 3.27. The Bertz CT molecular complexity index is 757. The molecule has 0 spiro atoms. The molecule has 0 aliphatic carbocycles. The number of hydrogen-bond acceptors (Lipinski definition) is 3. The normalized spacial score (nSPS) is 20.4. The molecule has 2 aliphatic rings. The van der Waals surface area contributed by atoms with E-state index in [1.165, 1.54) is 19.4 Å². The summed E-state index contributed by atoms with van der Waals surface area (Å²) < 4.78 is 5.29. The molecule has 2 heterocycles. The Labute approximate surface area is 149 Å². The Morgan fingerprint density at radius 1 is 1.04 bits per heavy atom. The van der Waals surface area contributed by atoms with Crippen molar-refractivity contribution in [1.29, 1.82) is 0 Å². The zero-order chi connectivity index (χ0) is 17.2. The molecular weight excluding hydrogens is 312 g/mol. The fourth-order valence-electron chi connectivity index (χ4n) is 3.97. The highest BCUT2D eigenvalue weighted by Crippen LogP contribution is 2.25. The predicted octanol–water partition coefficient (Wildman–Crippen LogP) is 3.28. The maximum Gasteiger partial charge on any atom is 0.253 e. The van der Waals surface area contributed by atoms with Gasteiger partial charge in [0, 0.05) is 31.2 Å². The first kappa shape index (κ1) is 16.2. The summed E-state index contributed by atoms with van der Waals surface area (Å²) in [7, 11) is 1.67. The van der Waals surface area contributed by atoms with Gasteiger partial charge in [0.25, 0.3) is 5.91 Å². The second-order valence-electron chi connectivity index (χ2n) is 6.89. The monoisotopic (exact) mass is 336 g/mol. The van der Waals surface area contributed by atoms with Crippen LogP contribution in [0.25, 0.3) is 11.1 Å². The topological polar surface area (TPSA) is 32.8 Å². The van der Waals surface area contributed by atoms with Crippen molar-refractivity contribution >= 4 is 5.91 Å². The van der Waals surface area contributed by atoms with Crippen LogP contribution in [-0.2, 0) is 0 Å². The van der Waals surface area contributed by atoms with Crippen LogP contribution in [0.4, 0.5) is 0 Å². The number of amides is 1. The Kier molecular flexibility index (Phi) is 4.45. The molecule has 0 radical (unpaired) electrons. The van der Waals surface area contributed by atoms with Gasteiger partial charge in [0.15, 0.2) is 0 Å². The quantitative estimate of drug-likeness (QED) is 0.862. The number of fused-ring (bicyclic) bond motifs is 1. The molecule has 130 valence electrons. The van der Waals surface area contributed by atoms with Crippen LogP contribution < -0.4 is 4.74 Å². The molecule has 0 unspecified atom stereocenters. The van der Waals surface area contributed by atoms with Gasteiger partial charge in [-0.1, -0.05) is 24.3 Å². The molecule has 25 heavy (non-hydrogen) atoms. The average molecular weight is 336 g/mol. The molecule has 1 atom stereocenters. The molecular formula is C21H24N2O2. The molecule has 4 rings (SSSR count). The van der Waals surface area contributed by atoms with Crippen molar-refractivity contribution in [2.24, 2.45) is 0 Å². The van der Waals surface area contributed by atoms with Crippen LogP contribution in [0.1, 0.15) is 23.2 Å².